The number of fused-ring (bicyclic) bond motifs is 5. The van der Waals surface area contributed by atoms with Crippen molar-refractivity contribution in [1.82, 2.24) is 25.0 Å². The average Bonchev–Trinajstić information content (AvgIpc) is 3.74. The number of piperidine rings is 1. The number of rotatable bonds is 6. The Bertz CT molecular complexity index is 1640. The van der Waals surface area contributed by atoms with Crippen molar-refractivity contribution in [1.29, 1.82) is 0 Å². The lowest BCUT2D eigenvalue weighted by atomic mass is 9.72. The largest absolute Gasteiger partial charge is 0.378 e. The molecule has 5 aliphatic rings. The van der Waals surface area contributed by atoms with Gasteiger partial charge in [0, 0.05) is 60.4 Å². The van der Waals surface area contributed by atoms with Crippen molar-refractivity contribution in [3.8, 4) is 0 Å². The first-order chi connectivity index (χ1) is 21.6. The summed E-state index contributed by atoms with van der Waals surface area (Å²) in [5.74, 6) is -3.09. The Morgan fingerprint density at radius 1 is 1.13 bits per heavy atom. The number of aromatic nitrogens is 1. The van der Waals surface area contributed by atoms with Gasteiger partial charge in [0.05, 0.1) is 0 Å². The zero-order chi connectivity index (χ0) is 31.2. The third-order valence-corrected chi connectivity index (χ3v) is 11.4. The van der Waals surface area contributed by atoms with E-state index in [9.17, 15) is 19.8 Å². The van der Waals surface area contributed by atoms with E-state index in [0.717, 1.165) is 30.3 Å². The van der Waals surface area contributed by atoms with E-state index in [1.807, 2.05) is 44.2 Å². The molecule has 2 aromatic carbocycles. The minimum atomic E-state index is -2.00. The molecule has 3 aromatic rings. The fourth-order valence-corrected chi connectivity index (χ4v) is 9.16. The number of H-pyrrole nitrogens is 1. The van der Waals surface area contributed by atoms with Crippen LogP contribution in [-0.4, -0.2) is 97.8 Å². The van der Waals surface area contributed by atoms with Gasteiger partial charge < -0.3 is 25.0 Å². The molecule has 4 N–H and O–H groups in total. The van der Waals surface area contributed by atoms with Crippen molar-refractivity contribution < 1.29 is 24.5 Å². The van der Waals surface area contributed by atoms with Gasteiger partial charge in [-0.3, -0.25) is 24.5 Å². The number of carbonyl (C=O) groups excluding carboxylic acids is 2. The molecule has 4 aliphatic heterocycles. The maximum atomic E-state index is 14.7. The molecule has 0 saturated carbocycles. The number of nitrogens with zero attached hydrogens (tertiary/aromatic N) is 3. The lowest BCUT2D eigenvalue weighted by Gasteiger charge is -2.49. The Morgan fingerprint density at radius 2 is 1.93 bits per heavy atom. The molecule has 4 fully saturated rings. The molecule has 5 heterocycles. The van der Waals surface area contributed by atoms with Gasteiger partial charge in [0.2, 0.25) is 11.6 Å². The maximum Gasteiger partial charge on any atom is 0.275 e. The van der Waals surface area contributed by atoms with Gasteiger partial charge in [0.25, 0.3) is 11.8 Å². The predicted octanol–water partition coefficient (Wildman–Crippen LogP) is 2.51. The number of hydrogen-bond acceptors (Lipinski definition) is 7. The molecule has 1 aromatic heterocycles. The number of ether oxygens (including phenoxy) is 1. The Kier molecular flexibility index (Phi) is 6.71. The number of aromatic amines is 1. The van der Waals surface area contributed by atoms with Crippen LogP contribution in [0.3, 0.4) is 0 Å². The number of piperazine rings is 1. The number of amides is 2. The molecular weight excluding hydrogens is 570 g/mol. The van der Waals surface area contributed by atoms with Crippen LogP contribution in [0.15, 0.2) is 54.7 Å². The highest BCUT2D eigenvalue weighted by atomic mass is 16.7. The molecule has 45 heavy (non-hydrogen) atoms. The zero-order valence-electron chi connectivity index (χ0n) is 26.1. The molecule has 0 bridgehead atoms. The van der Waals surface area contributed by atoms with E-state index in [1.54, 1.807) is 4.90 Å². The van der Waals surface area contributed by atoms with E-state index in [2.05, 4.69) is 46.6 Å². The number of likely N-dealkylation sites (tertiary alicyclic amines) is 1. The van der Waals surface area contributed by atoms with Crippen molar-refractivity contribution in [3.05, 3.63) is 71.4 Å². The standard InChI is InChI=1S/C35H43N5O5/c1-20(2)34(37-31(41)23-16-25-24-11-7-12-26-30(24)22(18-36-26)17-27(25)38(3)19-23)33(43)40-28(15-21-9-5-4-6-10-21)32(42)39-14-8-13-29(39)35(40,44)45-34/h4-7,9-12,18,20,23,25,27-29,31,36-37,41,44H,8,13-17,19H2,1-3H3/t23-,25-,27-,28+,29+,31?,34-,35+/m1/s1. The zero-order valence-corrected chi connectivity index (χ0v) is 26.1. The van der Waals surface area contributed by atoms with Crippen LogP contribution < -0.4 is 5.32 Å². The molecule has 2 amide bonds. The summed E-state index contributed by atoms with van der Waals surface area (Å²) in [6.07, 6.45) is 4.25. The Morgan fingerprint density at radius 3 is 2.71 bits per heavy atom. The van der Waals surface area contributed by atoms with Gasteiger partial charge in [-0.05, 0) is 55.5 Å². The van der Waals surface area contributed by atoms with Crippen LogP contribution in [0.5, 0.6) is 0 Å². The fraction of sp³-hybridized carbons (Fsp3) is 0.543. The van der Waals surface area contributed by atoms with Crippen LogP contribution in [0.2, 0.25) is 0 Å². The van der Waals surface area contributed by atoms with E-state index in [-0.39, 0.29) is 24.2 Å². The molecular formula is C35H43N5O5. The van der Waals surface area contributed by atoms with Gasteiger partial charge in [-0.1, -0.05) is 56.3 Å². The van der Waals surface area contributed by atoms with Crippen LogP contribution in [0.25, 0.3) is 10.9 Å². The smallest absolute Gasteiger partial charge is 0.275 e. The molecule has 8 rings (SSSR count). The Balaban J connectivity index is 1.11. The van der Waals surface area contributed by atoms with Crippen LogP contribution in [-0.2, 0) is 27.2 Å². The number of likely N-dealkylation sites (N-methyl/N-ethyl adjacent to an activating group) is 1. The summed E-state index contributed by atoms with van der Waals surface area (Å²) >= 11 is 0. The fourth-order valence-electron chi connectivity index (χ4n) is 9.16. The van der Waals surface area contributed by atoms with Crippen LogP contribution >= 0.6 is 0 Å². The van der Waals surface area contributed by atoms with E-state index < -0.39 is 41.8 Å². The Hall–Kier alpha value is -3.28. The second-order valence-electron chi connectivity index (χ2n) is 14.2. The number of benzene rings is 2. The molecule has 238 valence electrons. The van der Waals surface area contributed by atoms with Gasteiger partial charge in [-0.15, -0.1) is 0 Å². The third kappa shape index (κ3) is 4.19. The monoisotopic (exact) mass is 613 g/mol. The summed E-state index contributed by atoms with van der Waals surface area (Å²) in [5, 5.41) is 28.8. The molecule has 1 unspecified atom stereocenters. The van der Waals surface area contributed by atoms with E-state index in [1.165, 1.54) is 21.4 Å². The van der Waals surface area contributed by atoms with Crippen LogP contribution in [0.1, 0.15) is 55.7 Å². The van der Waals surface area contributed by atoms with Crippen LogP contribution in [0, 0.1) is 11.8 Å². The quantitative estimate of drug-likeness (QED) is 0.316. The topological polar surface area (TPSA) is 121 Å². The van der Waals surface area contributed by atoms with Crippen LogP contribution in [0.4, 0.5) is 0 Å². The summed E-state index contributed by atoms with van der Waals surface area (Å²) < 4.78 is 6.57. The maximum absolute atomic E-state index is 14.7. The molecule has 1 aliphatic carbocycles. The first-order valence-electron chi connectivity index (χ1n) is 16.5. The third-order valence-electron chi connectivity index (χ3n) is 11.4. The van der Waals surface area contributed by atoms with Crippen molar-refractivity contribution in [3.63, 3.8) is 0 Å². The second-order valence-corrected chi connectivity index (χ2v) is 14.2. The average molecular weight is 614 g/mol. The van der Waals surface area contributed by atoms with Crippen molar-refractivity contribution in [2.75, 3.05) is 20.1 Å². The minimum absolute atomic E-state index is 0.168. The first kappa shape index (κ1) is 29.1. The SMILES string of the molecule is CC(C)[C@@]1(NC(O)[C@@H]2C[C@@H]3c4cccc5[nH]cc(c45)C[C@H]3N(C)C2)O[C@@]2(O)[C@@H]3CCCN3C(=O)[C@H](Cc3ccccc3)N2C1=O. The van der Waals surface area contributed by atoms with Gasteiger partial charge in [0.15, 0.2) is 0 Å². The number of aliphatic hydroxyl groups excluding tert-OH is 1. The lowest BCUT2D eigenvalue weighted by Crippen LogP contribution is -2.71. The van der Waals surface area contributed by atoms with E-state index in [4.69, 9.17) is 4.74 Å². The number of aliphatic hydroxyl groups is 2. The molecule has 10 heteroatoms. The molecule has 8 atom stereocenters. The molecule has 0 radical (unpaired) electrons. The van der Waals surface area contributed by atoms with Crippen molar-refractivity contribution in [2.24, 2.45) is 11.8 Å². The van der Waals surface area contributed by atoms with E-state index in [0.29, 0.717) is 25.6 Å². The summed E-state index contributed by atoms with van der Waals surface area (Å²) in [6, 6.07) is 14.7. The second kappa shape index (κ2) is 10.4. The summed E-state index contributed by atoms with van der Waals surface area (Å²) in [6.45, 7) is 4.88. The highest BCUT2D eigenvalue weighted by molar-refractivity contribution is 5.95. The number of carbonyl (C=O) groups is 2. The van der Waals surface area contributed by atoms with Gasteiger partial charge in [-0.2, -0.15) is 0 Å². The first-order valence-corrected chi connectivity index (χ1v) is 16.5. The number of hydrogen-bond donors (Lipinski definition) is 4. The van der Waals surface area contributed by atoms with Crippen molar-refractivity contribution >= 4 is 22.7 Å². The minimum Gasteiger partial charge on any atom is -0.378 e. The number of nitrogens with one attached hydrogen (secondary N) is 2. The Labute approximate surface area is 263 Å². The summed E-state index contributed by atoms with van der Waals surface area (Å²) in [7, 11) is 2.11. The summed E-state index contributed by atoms with van der Waals surface area (Å²) in [4.78, 5) is 37.3. The highest BCUT2D eigenvalue weighted by Crippen LogP contribution is 2.49. The molecule has 0 spiro atoms. The molecule has 10 nitrogen and oxygen atoms in total. The van der Waals surface area contributed by atoms with Crippen molar-refractivity contribution in [2.45, 2.75) is 87.9 Å². The summed E-state index contributed by atoms with van der Waals surface area (Å²) in [5.41, 5.74) is 2.95. The van der Waals surface area contributed by atoms with Gasteiger partial charge in [-0.25, -0.2) is 0 Å². The lowest BCUT2D eigenvalue weighted by molar-refractivity contribution is -0.325. The van der Waals surface area contributed by atoms with E-state index >= 15 is 0 Å². The van der Waals surface area contributed by atoms with Gasteiger partial charge >= 0.3 is 0 Å². The normalized spacial score (nSPS) is 35.2. The predicted molar refractivity (Wildman–Crippen MR) is 168 cm³/mol. The molecule has 4 saturated heterocycles. The highest BCUT2D eigenvalue weighted by Gasteiger charge is 2.71. The van der Waals surface area contributed by atoms with Gasteiger partial charge in [0.1, 0.15) is 18.3 Å².